The number of carbonyl (C=O) groups is 1. The Morgan fingerprint density at radius 3 is 2.34 bits per heavy atom. The van der Waals surface area contributed by atoms with Crippen molar-refractivity contribution in [2.24, 2.45) is 0 Å². The minimum atomic E-state index is -4.42. The van der Waals surface area contributed by atoms with Crippen molar-refractivity contribution in [2.75, 3.05) is 14.2 Å². The molecule has 0 radical (unpaired) electrons. The molecule has 198 valence electrons. The summed E-state index contributed by atoms with van der Waals surface area (Å²) in [4.78, 5) is 12.9. The fraction of sp³-hybridized carbons (Fsp3) is 0.222. The Morgan fingerprint density at radius 2 is 1.68 bits per heavy atom. The molecule has 0 aliphatic rings. The van der Waals surface area contributed by atoms with Gasteiger partial charge in [-0.25, -0.2) is 0 Å². The van der Waals surface area contributed by atoms with Crippen LogP contribution in [0.4, 0.5) is 13.2 Å². The number of thioether (sulfide) groups is 1. The van der Waals surface area contributed by atoms with Gasteiger partial charge in [0, 0.05) is 23.1 Å². The van der Waals surface area contributed by atoms with Gasteiger partial charge in [-0.2, -0.15) is 13.2 Å². The third-order valence-electron chi connectivity index (χ3n) is 5.60. The molecule has 11 heteroatoms. The molecule has 3 aromatic carbocycles. The number of aromatic nitrogens is 3. The van der Waals surface area contributed by atoms with E-state index in [1.54, 1.807) is 28.8 Å². The van der Waals surface area contributed by atoms with Gasteiger partial charge in [0.25, 0.3) is 5.91 Å². The number of aryl methyl sites for hydroxylation is 1. The zero-order valence-corrected chi connectivity index (χ0v) is 21.7. The van der Waals surface area contributed by atoms with Crippen LogP contribution in [0.15, 0.2) is 71.9 Å². The average molecular weight is 543 g/mol. The summed E-state index contributed by atoms with van der Waals surface area (Å²) >= 11 is 1.26. The number of halogens is 3. The largest absolute Gasteiger partial charge is 0.497 e. The maximum Gasteiger partial charge on any atom is 0.416 e. The molecule has 38 heavy (non-hydrogen) atoms. The van der Waals surface area contributed by atoms with Gasteiger partial charge in [-0.3, -0.25) is 9.36 Å². The highest BCUT2D eigenvalue weighted by molar-refractivity contribution is 7.98. The smallest absolute Gasteiger partial charge is 0.416 e. The van der Waals surface area contributed by atoms with Gasteiger partial charge in [0.05, 0.1) is 26.3 Å². The molecule has 4 rings (SSSR count). The van der Waals surface area contributed by atoms with Crippen molar-refractivity contribution in [1.29, 1.82) is 0 Å². The molecular weight excluding hydrogens is 517 g/mol. The van der Waals surface area contributed by atoms with Crippen LogP contribution >= 0.6 is 11.8 Å². The second-order valence-electron chi connectivity index (χ2n) is 8.34. The molecule has 0 aliphatic carbocycles. The normalized spacial score (nSPS) is 11.3. The lowest BCUT2D eigenvalue weighted by atomic mass is 10.1. The van der Waals surface area contributed by atoms with Gasteiger partial charge in [-0.15, -0.1) is 10.2 Å². The summed E-state index contributed by atoms with van der Waals surface area (Å²) < 4.78 is 51.7. The van der Waals surface area contributed by atoms with Crippen LogP contribution in [0.25, 0.3) is 5.69 Å². The molecular formula is C27H25F3N4O3S. The first-order valence-corrected chi connectivity index (χ1v) is 12.5. The zero-order valence-electron chi connectivity index (χ0n) is 20.9. The molecule has 0 atom stereocenters. The van der Waals surface area contributed by atoms with E-state index in [-0.39, 0.29) is 18.2 Å². The van der Waals surface area contributed by atoms with Gasteiger partial charge in [-0.05, 0) is 48.4 Å². The second kappa shape index (κ2) is 11.6. The van der Waals surface area contributed by atoms with Crippen LogP contribution in [-0.4, -0.2) is 34.9 Å². The lowest BCUT2D eigenvalue weighted by molar-refractivity contribution is -0.137. The number of hydrogen-bond donors (Lipinski definition) is 1. The number of nitrogens with zero attached hydrogens (tertiary/aromatic N) is 3. The SMILES string of the molecule is COc1cc(OC)cc(C(=O)NCc2nnc(SCc3cccc(C(F)(F)F)c3)n2-c2cccc(C)c2)c1. The Kier molecular flexibility index (Phi) is 8.26. The van der Waals surface area contributed by atoms with Crippen molar-refractivity contribution in [2.45, 2.75) is 30.6 Å². The van der Waals surface area contributed by atoms with Crippen molar-refractivity contribution in [3.63, 3.8) is 0 Å². The number of rotatable bonds is 9. The van der Waals surface area contributed by atoms with Crippen LogP contribution in [0.2, 0.25) is 0 Å². The molecule has 0 bridgehead atoms. The topological polar surface area (TPSA) is 78.3 Å². The van der Waals surface area contributed by atoms with Gasteiger partial charge in [0.1, 0.15) is 11.5 Å². The first-order chi connectivity index (χ1) is 18.2. The number of ether oxygens (including phenoxy) is 2. The number of hydrogen-bond acceptors (Lipinski definition) is 6. The number of benzene rings is 3. The molecule has 1 aromatic heterocycles. The standard InChI is InChI=1S/C27H25F3N4O3S/c1-17-6-4-9-21(10-17)34-24(15-31-25(35)19-12-22(36-2)14-23(13-19)37-3)32-33-26(34)38-16-18-7-5-8-20(11-18)27(28,29)30/h4-14H,15-16H2,1-3H3,(H,31,35). The average Bonchev–Trinajstić information content (AvgIpc) is 3.32. The molecule has 1 N–H and O–H groups in total. The quantitative estimate of drug-likeness (QED) is 0.268. The highest BCUT2D eigenvalue weighted by atomic mass is 32.2. The lowest BCUT2D eigenvalue weighted by Gasteiger charge is -2.13. The Hall–Kier alpha value is -3.99. The van der Waals surface area contributed by atoms with Crippen molar-refractivity contribution >= 4 is 17.7 Å². The number of carbonyl (C=O) groups excluding carboxylic acids is 1. The summed E-state index contributed by atoms with van der Waals surface area (Å²) in [5.41, 5.74) is 1.93. The summed E-state index contributed by atoms with van der Waals surface area (Å²) in [5.74, 6) is 1.31. The summed E-state index contributed by atoms with van der Waals surface area (Å²) in [7, 11) is 3.00. The van der Waals surface area contributed by atoms with E-state index in [0.29, 0.717) is 33.6 Å². The third kappa shape index (κ3) is 6.46. The Morgan fingerprint density at radius 1 is 0.974 bits per heavy atom. The molecule has 1 heterocycles. The zero-order chi connectivity index (χ0) is 27.3. The van der Waals surface area contributed by atoms with Crippen molar-refractivity contribution in [1.82, 2.24) is 20.1 Å². The van der Waals surface area contributed by atoms with E-state index in [9.17, 15) is 18.0 Å². The summed E-state index contributed by atoms with van der Waals surface area (Å²) in [6.45, 7) is 2.00. The minimum Gasteiger partial charge on any atom is -0.497 e. The molecule has 0 fully saturated rings. The van der Waals surface area contributed by atoms with Crippen LogP contribution in [0, 0.1) is 6.92 Å². The second-order valence-corrected chi connectivity index (χ2v) is 9.29. The van der Waals surface area contributed by atoms with Crippen LogP contribution in [0.5, 0.6) is 11.5 Å². The van der Waals surface area contributed by atoms with Crippen LogP contribution in [0.3, 0.4) is 0 Å². The number of nitrogens with one attached hydrogen (secondary N) is 1. The van der Waals surface area contributed by atoms with Crippen LogP contribution in [-0.2, 0) is 18.5 Å². The van der Waals surface area contributed by atoms with Gasteiger partial charge in [0.2, 0.25) is 0 Å². The fourth-order valence-electron chi connectivity index (χ4n) is 3.72. The van der Waals surface area contributed by atoms with E-state index in [0.717, 1.165) is 23.4 Å². The van der Waals surface area contributed by atoms with Gasteiger partial charge >= 0.3 is 6.18 Å². The molecule has 0 aliphatic heterocycles. The maximum atomic E-state index is 13.1. The highest BCUT2D eigenvalue weighted by Gasteiger charge is 2.30. The van der Waals surface area contributed by atoms with Crippen molar-refractivity contribution in [3.05, 3.63) is 94.8 Å². The third-order valence-corrected chi connectivity index (χ3v) is 6.60. The van der Waals surface area contributed by atoms with E-state index in [4.69, 9.17) is 9.47 Å². The summed E-state index contributed by atoms with van der Waals surface area (Å²) in [5, 5.41) is 11.9. The molecule has 1 amide bonds. The Balaban J connectivity index is 1.58. The van der Waals surface area contributed by atoms with E-state index < -0.39 is 11.7 Å². The predicted molar refractivity (Wildman–Crippen MR) is 138 cm³/mol. The molecule has 0 unspecified atom stereocenters. The van der Waals surface area contributed by atoms with Gasteiger partial charge < -0.3 is 14.8 Å². The lowest BCUT2D eigenvalue weighted by Crippen LogP contribution is -2.24. The van der Waals surface area contributed by atoms with Crippen LogP contribution in [0.1, 0.15) is 32.9 Å². The minimum absolute atomic E-state index is 0.0589. The van der Waals surface area contributed by atoms with Gasteiger partial charge in [0.15, 0.2) is 11.0 Å². The number of alkyl halides is 3. The number of methoxy groups -OCH3 is 2. The monoisotopic (exact) mass is 542 g/mol. The first-order valence-electron chi connectivity index (χ1n) is 11.5. The molecule has 0 spiro atoms. The van der Waals surface area contributed by atoms with Crippen molar-refractivity contribution < 1.29 is 27.4 Å². The van der Waals surface area contributed by atoms with Crippen molar-refractivity contribution in [3.8, 4) is 17.2 Å². The van der Waals surface area contributed by atoms with Gasteiger partial charge in [-0.1, -0.05) is 42.1 Å². The van der Waals surface area contributed by atoms with E-state index >= 15 is 0 Å². The van der Waals surface area contributed by atoms with E-state index in [1.807, 2.05) is 31.2 Å². The van der Waals surface area contributed by atoms with E-state index in [2.05, 4.69) is 15.5 Å². The Labute approximate surface area is 222 Å². The first kappa shape index (κ1) is 27.1. The fourth-order valence-corrected chi connectivity index (χ4v) is 4.63. The van der Waals surface area contributed by atoms with E-state index in [1.165, 1.54) is 32.0 Å². The Bertz CT molecular complexity index is 1420. The molecule has 0 saturated carbocycles. The highest BCUT2D eigenvalue weighted by Crippen LogP contribution is 2.32. The maximum absolute atomic E-state index is 13.1. The number of amides is 1. The molecule has 0 saturated heterocycles. The summed E-state index contributed by atoms with van der Waals surface area (Å²) in [6, 6.07) is 17.7. The summed E-state index contributed by atoms with van der Waals surface area (Å²) in [6.07, 6.45) is -4.42. The predicted octanol–water partition coefficient (Wildman–Crippen LogP) is 5.83. The molecule has 7 nitrogen and oxygen atoms in total. The van der Waals surface area contributed by atoms with Crippen LogP contribution < -0.4 is 14.8 Å². The molecule has 4 aromatic rings.